The molecule has 1 aliphatic rings. The van der Waals surface area contributed by atoms with E-state index >= 15 is 0 Å². The van der Waals surface area contributed by atoms with Crippen molar-refractivity contribution in [1.29, 1.82) is 0 Å². The summed E-state index contributed by atoms with van der Waals surface area (Å²) in [5.41, 5.74) is 1.23. The van der Waals surface area contributed by atoms with E-state index in [-0.39, 0.29) is 30.0 Å². The van der Waals surface area contributed by atoms with Crippen LogP contribution in [-0.2, 0) is 4.74 Å². The van der Waals surface area contributed by atoms with Gasteiger partial charge < -0.3 is 24.6 Å². The topological polar surface area (TPSA) is 49.3 Å². The molecule has 7 heteroatoms. The number of benzene rings is 1. The Morgan fingerprint density at radius 1 is 1.38 bits per heavy atom. The van der Waals surface area contributed by atoms with Crippen molar-refractivity contribution in [3.05, 3.63) is 29.8 Å². The molecule has 1 saturated heterocycles. The standard InChI is InChI=1S/C19H32N4O2.HI/c1-20-19(23-10-9-15(13-23)14-24-4)21-12-18(22(2)3)16-7-6-8-17(11-16)25-5;/h6-8,11,15,18H,9-10,12-14H2,1-5H3,(H,20,21);1H. The monoisotopic (exact) mass is 476 g/mol. The van der Waals surface area contributed by atoms with Gasteiger partial charge in [0, 0.05) is 39.7 Å². The number of likely N-dealkylation sites (N-methyl/N-ethyl adjacent to an activating group) is 1. The number of methoxy groups -OCH3 is 2. The molecule has 0 bridgehead atoms. The van der Waals surface area contributed by atoms with Gasteiger partial charge in [0.1, 0.15) is 5.75 Å². The maximum Gasteiger partial charge on any atom is 0.193 e. The van der Waals surface area contributed by atoms with Gasteiger partial charge in [-0.25, -0.2) is 0 Å². The predicted octanol–water partition coefficient (Wildman–Crippen LogP) is 2.46. The molecule has 1 heterocycles. The maximum absolute atomic E-state index is 5.36. The highest BCUT2D eigenvalue weighted by atomic mass is 127. The van der Waals surface area contributed by atoms with E-state index in [9.17, 15) is 0 Å². The Labute approximate surface area is 175 Å². The third kappa shape index (κ3) is 6.28. The summed E-state index contributed by atoms with van der Waals surface area (Å²) in [5.74, 6) is 2.44. The smallest absolute Gasteiger partial charge is 0.193 e. The van der Waals surface area contributed by atoms with E-state index in [1.165, 1.54) is 5.56 Å². The first-order valence-electron chi connectivity index (χ1n) is 8.84. The van der Waals surface area contributed by atoms with Gasteiger partial charge in [0.2, 0.25) is 0 Å². The molecule has 0 amide bonds. The lowest BCUT2D eigenvalue weighted by Crippen LogP contribution is -2.43. The molecule has 0 aliphatic carbocycles. The van der Waals surface area contributed by atoms with Crippen molar-refractivity contribution < 1.29 is 9.47 Å². The Kier molecular flexibility index (Phi) is 10.3. The van der Waals surface area contributed by atoms with Crippen LogP contribution in [0.5, 0.6) is 5.75 Å². The SMILES string of the molecule is CN=C(NCC(c1cccc(OC)c1)N(C)C)N1CCC(COC)C1.I. The van der Waals surface area contributed by atoms with E-state index in [1.54, 1.807) is 14.2 Å². The van der Waals surface area contributed by atoms with E-state index in [0.29, 0.717) is 5.92 Å². The molecular weight excluding hydrogens is 443 g/mol. The molecule has 2 atom stereocenters. The van der Waals surface area contributed by atoms with Crippen molar-refractivity contribution >= 4 is 29.9 Å². The number of hydrogen-bond acceptors (Lipinski definition) is 4. The number of nitrogens with one attached hydrogen (secondary N) is 1. The molecule has 0 saturated carbocycles. The molecule has 1 aliphatic heterocycles. The van der Waals surface area contributed by atoms with Crippen LogP contribution in [0.15, 0.2) is 29.3 Å². The van der Waals surface area contributed by atoms with E-state index in [0.717, 1.165) is 44.4 Å². The van der Waals surface area contributed by atoms with Crippen molar-refractivity contribution in [2.75, 3.05) is 61.6 Å². The number of likely N-dealkylation sites (tertiary alicyclic amines) is 1. The van der Waals surface area contributed by atoms with Crippen molar-refractivity contribution in [3.63, 3.8) is 0 Å². The summed E-state index contributed by atoms with van der Waals surface area (Å²) in [6.07, 6.45) is 1.15. The summed E-state index contributed by atoms with van der Waals surface area (Å²) in [6, 6.07) is 8.49. The highest BCUT2D eigenvalue weighted by Crippen LogP contribution is 2.22. The quantitative estimate of drug-likeness (QED) is 0.372. The van der Waals surface area contributed by atoms with Gasteiger partial charge in [-0.15, -0.1) is 24.0 Å². The predicted molar refractivity (Wildman–Crippen MR) is 118 cm³/mol. The Hall–Kier alpha value is -1.06. The van der Waals surface area contributed by atoms with E-state index in [2.05, 4.69) is 46.3 Å². The van der Waals surface area contributed by atoms with Gasteiger partial charge in [-0.3, -0.25) is 4.99 Å². The number of hydrogen-bond donors (Lipinski definition) is 1. The fraction of sp³-hybridized carbons (Fsp3) is 0.632. The van der Waals surface area contributed by atoms with Crippen molar-refractivity contribution in [3.8, 4) is 5.75 Å². The summed E-state index contributed by atoms with van der Waals surface area (Å²) in [7, 11) is 9.51. The number of guanidine groups is 1. The van der Waals surface area contributed by atoms with Gasteiger partial charge in [0.05, 0.1) is 19.8 Å². The third-order valence-electron chi connectivity index (χ3n) is 4.75. The summed E-state index contributed by atoms with van der Waals surface area (Å²) in [6.45, 7) is 3.63. The van der Waals surface area contributed by atoms with Crippen molar-refractivity contribution in [1.82, 2.24) is 15.1 Å². The zero-order chi connectivity index (χ0) is 18.2. The fourth-order valence-electron chi connectivity index (χ4n) is 3.36. The van der Waals surface area contributed by atoms with Crippen LogP contribution in [0.1, 0.15) is 18.0 Å². The highest BCUT2D eigenvalue weighted by Gasteiger charge is 2.25. The minimum absolute atomic E-state index is 0. The van der Waals surface area contributed by atoms with Gasteiger partial charge in [-0.1, -0.05) is 12.1 Å². The van der Waals surface area contributed by atoms with Gasteiger partial charge >= 0.3 is 0 Å². The Bertz CT molecular complexity index is 568. The lowest BCUT2D eigenvalue weighted by atomic mass is 10.1. The Morgan fingerprint density at radius 2 is 2.15 bits per heavy atom. The molecule has 2 unspecified atom stereocenters. The van der Waals surface area contributed by atoms with Crippen LogP contribution in [0.4, 0.5) is 0 Å². The molecule has 26 heavy (non-hydrogen) atoms. The van der Waals surface area contributed by atoms with Gasteiger partial charge in [0.15, 0.2) is 5.96 Å². The Morgan fingerprint density at radius 3 is 2.77 bits per heavy atom. The molecule has 1 fully saturated rings. The van der Waals surface area contributed by atoms with E-state index in [1.807, 2.05) is 19.2 Å². The molecule has 6 nitrogen and oxygen atoms in total. The summed E-state index contributed by atoms with van der Waals surface area (Å²) in [4.78, 5) is 9.01. The Balaban J connectivity index is 0.00000338. The first-order chi connectivity index (χ1) is 12.1. The van der Waals surface area contributed by atoms with Crippen LogP contribution in [0.3, 0.4) is 0 Å². The number of halogens is 1. The van der Waals surface area contributed by atoms with Crippen molar-refractivity contribution in [2.45, 2.75) is 12.5 Å². The fourth-order valence-corrected chi connectivity index (χ4v) is 3.36. The largest absolute Gasteiger partial charge is 0.497 e. The third-order valence-corrected chi connectivity index (χ3v) is 4.75. The molecule has 148 valence electrons. The summed E-state index contributed by atoms with van der Waals surface area (Å²) >= 11 is 0. The van der Waals surface area contributed by atoms with Crippen LogP contribution in [0.2, 0.25) is 0 Å². The van der Waals surface area contributed by atoms with Crippen LogP contribution >= 0.6 is 24.0 Å². The molecule has 2 rings (SSSR count). The summed E-state index contributed by atoms with van der Waals surface area (Å²) in [5, 5.41) is 3.54. The van der Waals surface area contributed by atoms with Crippen molar-refractivity contribution in [2.24, 2.45) is 10.9 Å². The lowest BCUT2D eigenvalue weighted by molar-refractivity contribution is 0.157. The number of ether oxygens (including phenoxy) is 2. The average Bonchev–Trinajstić information content (AvgIpc) is 3.07. The second kappa shape index (κ2) is 11.6. The lowest BCUT2D eigenvalue weighted by Gasteiger charge is -2.28. The van der Waals surface area contributed by atoms with E-state index < -0.39 is 0 Å². The normalized spacial score (nSPS) is 18.6. The maximum atomic E-state index is 5.36. The van der Waals surface area contributed by atoms with Gasteiger partial charge in [-0.05, 0) is 38.2 Å². The summed E-state index contributed by atoms with van der Waals surface area (Å²) < 4.78 is 10.7. The number of nitrogens with zero attached hydrogens (tertiary/aromatic N) is 3. The van der Waals surface area contributed by atoms with Gasteiger partial charge in [0.25, 0.3) is 0 Å². The van der Waals surface area contributed by atoms with Crippen LogP contribution in [0, 0.1) is 5.92 Å². The van der Waals surface area contributed by atoms with E-state index in [4.69, 9.17) is 9.47 Å². The van der Waals surface area contributed by atoms with Crippen LogP contribution < -0.4 is 10.1 Å². The number of rotatable bonds is 7. The second-order valence-corrected chi connectivity index (χ2v) is 6.74. The second-order valence-electron chi connectivity index (χ2n) is 6.74. The first kappa shape index (κ1) is 23.0. The first-order valence-corrected chi connectivity index (χ1v) is 8.84. The minimum atomic E-state index is 0. The zero-order valence-electron chi connectivity index (χ0n) is 16.6. The molecule has 0 spiro atoms. The molecule has 1 aromatic carbocycles. The minimum Gasteiger partial charge on any atom is -0.497 e. The zero-order valence-corrected chi connectivity index (χ0v) is 18.9. The molecule has 1 aromatic rings. The molecule has 1 N–H and O–H groups in total. The average molecular weight is 476 g/mol. The molecule has 0 radical (unpaired) electrons. The van der Waals surface area contributed by atoms with Crippen LogP contribution in [-0.4, -0.2) is 77.4 Å². The highest BCUT2D eigenvalue weighted by molar-refractivity contribution is 14.0. The van der Waals surface area contributed by atoms with Crippen LogP contribution in [0.25, 0.3) is 0 Å². The molecular formula is C19H33IN4O2. The molecule has 0 aromatic heterocycles. The number of aliphatic imine (C=N–C) groups is 1. The van der Waals surface area contributed by atoms with Gasteiger partial charge in [-0.2, -0.15) is 0 Å².